The van der Waals surface area contributed by atoms with E-state index in [4.69, 9.17) is 0 Å². The van der Waals surface area contributed by atoms with Crippen LogP contribution in [0, 0.1) is 11.2 Å². The first-order chi connectivity index (χ1) is 12.6. The highest BCUT2D eigenvalue weighted by Crippen LogP contribution is 2.52. The number of fused-ring (bicyclic) bond motifs is 2. The van der Waals surface area contributed by atoms with Crippen molar-refractivity contribution in [3.05, 3.63) is 52.8 Å². The molecule has 1 amide bonds. The van der Waals surface area contributed by atoms with Crippen LogP contribution in [-0.2, 0) is 17.9 Å². The summed E-state index contributed by atoms with van der Waals surface area (Å²) in [6.45, 7) is 3.47. The number of hydrogen-bond acceptors (Lipinski definition) is 4. The Hall–Kier alpha value is -1.79. The number of benzene rings is 1. The summed E-state index contributed by atoms with van der Waals surface area (Å²) in [4.78, 5) is 15.7. The molecule has 2 fully saturated rings. The third-order valence-electron chi connectivity index (χ3n) is 6.18. The third-order valence-corrected chi connectivity index (χ3v) is 6.81. The first kappa shape index (κ1) is 17.6. The molecule has 26 heavy (non-hydrogen) atoms. The molecule has 2 aromatic rings. The summed E-state index contributed by atoms with van der Waals surface area (Å²) in [5, 5.41) is 5.22. The molecular weight excluding hydrogens is 349 g/mol. The topological polar surface area (TPSA) is 45.2 Å². The highest BCUT2D eigenvalue weighted by atomic mass is 32.1. The molecule has 6 heteroatoms. The molecule has 138 valence electrons. The average molecular weight is 373 g/mol. The van der Waals surface area contributed by atoms with Crippen LogP contribution in [0.15, 0.2) is 35.8 Å². The Bertz CT molecular complexity index is 764. The summed E-state index contributed by atoms with van der Waals surface area (Å²) in [6.07, 6.45) is 5.97. The van der Waals surface area contributed by atoms with Crippen molar-refractivity contribution in [2.75, 3.05) is 0 Å². The fourth-order valence-electron chi connectivity index (χ4n) is 4.81. The lowest BCUT2D eigenvalue weighted by molar-refractivity contribution is -0.133. The van der Waals surface area contributed by atoms with Crippen molar-refractivity contribution in [3.8, 4) is 0 Å². The van der Waals surface area contributed by atoms with Crippen molar-refractivity contribution in [1.82, 2.24) is 14.6 Å². The predicted octanol–water partition coefficient (Wildman–Crippen LogP) is 3.73. The van der Waals surface area contributed by atoms with E-state index in [0.717, 1.165) is 31.4 Å². The van der Waals surface area contributed by atoms with Crippen molar-refractivity contribution in [2.24, 2.45) is 5.41 Å². The van der Waals surface area contributed by atoms with E-state index in [9.17, 15) is 9.18 Å². The monoisotopic (exact) mass is 373 g/mol. The summed E-state index contributed by atoms with van der Waals surface area (Å²) in [7, 11) is 0. The molecule has 2 aliphatic heterocycles. The Morgan fingerprint density at radius 1 is 1.35 bits per heavy atom. The van der Waals surface area contributed by atoms with Gasteiger partial charge < -0.3 is 5.32 Å². The first-order valence-corrected chi connectivity index (χ1v) is 10.1. The van der Waals surface area contributed by atoms with Gasteiger partial charge in [-0.15, -0.1) is 0 Å². The normalized spacial score (nSPS) is 27.8. The Morgan fingerprint density at radius 3 is 2.85 bits per heavy atom. The number of hydrogen-bond donors (Lipinski definition) is 1. The largest absolute Gasteiger partial charge is 0.351 e. The number of amides is 1. The summed E-state index contributed by atoms with van der Waals surface area (Å²) in [6, 6.07) is 7.11. The van der Waals surface area contributed by atoms with Crippen LogP contribution in [0.3, 0.4) is 0 Å². The highest BCUT2D eigenvalue weighted by molar-refractivity contribution is 7.03. The minimum Gasteiger partial charge on any atom is -0.351 e. The van der Waals surface area contributed by atoms with Crippen molar-refractivity contribution >= 4 is 17.4 Å². The fraction of sp³-hybridized carbons (Fsp3) is 0.500. The maximum atomic E-state index is 13.2. The van der Waals surface area contributed by atoms with Crippen molar-refractivity contribution in [2.45, 2.75) is 57.8 Å². The van der Waals surface area contributed by atoms with Gasteiger partial charge in [-0.1, -0.05) is 19.1 Å². The van der Waals surface area contributed by atoms with E-state index in [0.29, 0.717) is 18.6 Å². The highest BCUT2D eigenvalue weighted by Gasteiger charge is 2.58. The molecule has 1 N–H and O–H groups in total. The van der Waals surface area contributed by atoms with E-state index in [1.807, 2.05) is 6.20 Å². The zero-order valence-corrected chi connectivity index (χ0v) is 15.8. The Kier molecular flexibility index (Phi) is 4.80. The molecule has 0 saturated carbocycles. The number of carbonyl (C=O) groups excluding carboxylic acids is 1. The molecule has 3 atom stereocenters. The van der Waals surface area contributed by atoms with E-state index >= 15 is 0 Å². The second-order valence-corrected chi connectivity index (χ2v) is 8.13. The quantitative estimate of drug-likeness (QED) is 0.839. The molecule has 0 aliphatic carbocycles. The molecule has 4 rings (SSSR count). The van der Waals surface area contributed by atoms with Gasteiger partial charge in [0.25, 0.3) is 0 Å². The van der Waals surface area contributed by atoms with Gasteiger partial charge in [0.05, 0.1) is 5.41 Å². The second-order valence-electron chi connectivity index (χ2n) is 7.47. The lowest BCUT2D eigenvalue weighted by Crippen LogP contribution is -2.48. The molecule has 0 spiro atoms. The smallest absolute Gasteiger partial charge is 0.228 e. The van der Waals surface area contributed by atoms with Gasteiger partial charge >= 0.3 is 0 Å². The minimum absolute atomic E-state index is 0.143. The molecule has 1 aromatic carbocycles. The molecule has 2 aliphatic rings. The van der Waals surface area contributed by atoms with E-state index in [1.165, 1.54) is 35.6 Å². The summed E-state index contributed by atoms with van der Waals surface area (Å²) < 4.78 is 17.3. The number of aromatic nitrogens is 1. The Labute approximate surface area is 157 Å². The fourth-order valence-corrected chi connectivity index (χ4v) is 5.33. The van der Waals surface area contributed by atoms with E-state index in [1.54, 1.807) is 12.1 Å². The molecule has 0 unspecified atom stereocenters. The lowest BCUT2D eigenvalue weighted by Gasteiger charge is -2.35. The van der Waals surface area contributed by atoms with Gasteiger partial charge in [-0.2, -0.15) is 0 Å². The van der Waals surface area contributed by atoms with Gasteiger partial charge in [0.2, 0.25) is 5.91 Å². The molecule has 4 nitrogen and oxygen atoms in total. The predicted molar refractivity (Wildman–Crippen MR) is 100 cm³/mol. The van der Waals surface area contributed by atoms with Crippen molar-refractivity contribution in [3.63, 3.8) is 0 Å². The van der Waals surface area contributed by atoms with Gasteiger partial charge in [0.15, 0.2) is 0 Å². The number of carbonyl (C=O) groups is 1. The maximum absolute atomic E-state index is 13.2. The van der Waals surface area contributed by atoms with Crippen molar-refractivity contribution < 1.29 is 9.18 Å². The van der Waals surface area contributed by atoms with E-state index in [-0.39, 0.29) is 17.1 Å². The Balaban J connectivity index is 1.46. The standard InChI is InChI=1S/C20H24FN3OS/c1-2-20(19(25)22-10-14-3-5-16(21)6-4-14)9-17-7-8-18(20)24(17)12-15-11-23-26-13-15/h3-6,11,13,17-18H,2,7-10,12H2,1H3,(H,22,25)/t17-,18+,20+/m0/s1. The van der Waals surface area contributed by atoms with Gasteiger partial charge in [0.1, 0.15) is 5.82 Å². The lowest BCUT2D eigenvalue weighted by atomic mass is 9.71. The van der Waals surface area contributed by atoms with Crippen LogP contribution in [-0.4, -0.2) is 27.3 Å². The molecule has 0 radical (unpaired) electrons. The maximum Gasteiger partial charge on any atom is 0.228 e. The summed E-state index contributed by atoms with van der Waals surface area (Å²) in [5.74, 6) is -0.110. The molecule has 2 saturated heterocycles. The van der Waals surface area contributed by atoms with Gasteiger partial charge in [0, 0.05) is 36.8 Å². The van der Waals surface area contributed by atoms with Gasteiger partial charge in [-0.25, -0.2) is 8.76 Å². The van der Waals surface area contributed by atoms with Crippen LogP contribution in [0.2, 0.25) is 0 Å². The van der Waals surface area contributed by atoms with E-state index in [2.05, 4.69) is 26.9 Å². The second kappa shape index (κ2) is 7.08. The van der Waals surface area contributed by atoms with Crippen molar-refractivity contribution in [1.29, 1.82) is 0 Å². The average Bonchev–Trinajstić information content (AvgIpc) is 3.38. The number of nitrogens with zero attached hydrogens (tertiary/aromatic N) is 2. The molecular formula is C20H24FN3OS. The Morgan fingerprint density at radius 2 is 2.15 bits per heavy atom. The number of halogens is 1. The zero-order chi connectivity index (χ0) is 18.1. The van der Waals surface area contributed by atoms with Gasteiger partial charge in [-0.3, -0.25) is 9.69 Å². The number of rotatable bonds is 6. The zero-order valence-electron chi connectivity index (χ0n) is 15.0. The van der Waals surface area contributed by atoms with Crippen LogP contribution < -0.4 is 5.32 Å². The molecule has 2 bridgehead atoms. The number of nitrogens with one attached hydrogen (secondary N) is 1. The third kappa shape index (κ3) is 3.05. The summed E-state index contributed by atoms with van der Waals surface area (Å²) >= 11 is 1.48. The van der Waals surface area contributed by atoms with Crippen LogP contribution >= 0.6 is 11.5 Å². The minimum atomic E-state index is -0.313. The van der Waals surface area contributed by atoms with Crippen LogP contribution in [0.25, 0.3) is 0 Å². The van der Waals surface area contributed by atoms with Crippen LogP contribution in [0.4, 0.5) is 4.39 Å². The molecule has 3 heterocycles. The van der Waals surface area contributed by atoms with Crippen LogP contribution in [0.1, 0.15) is 43.7 Å². The molecule has 1 aromatic heterocycles. The SMILES string of the molecule is CC[C@@]1(C(=O)NCc2ccc(F)cc2)C[C@@H]2CC[C@H]1N2Cc1cnsc1. The summed E-state index contributed by atoms with van der Waals surface area (Å²) in [5.41, 5.74) is 1.85. The van der Waals surface area contributed by atoms with E-state index < -0.39 is 0 Å². The van der Waals surface area contributed by atoms with Gasteiger partial charge in [-0.05, 0) is 60.5 Å². The van der Waals surface area contributed by atoms with Crippen LogP contribution in [0.5, 0.6) is 0 Å². The first-order valence-electron chi connectivity index (χ1n) is 9.29.